The number of hydrazone groups is 1. The number of H-pyrrole nitrogens is 1. The number of amides is 3. The van der Waals surface area contributed by atoms with Gasteiger partial charge in [0, 0.05) is 46.4 Å². The number of carbonyl (C=O) groups excluding carboxylic acids is 3. The lowest BCUT2D eigenvalue weighted by Crippen LogP contribution is -2.41. The van der Waals surface area contributed by atoms with Crippen LogP contribution in [-0.4, -0.2) is 108 Å². The SMILES string of the molecule is CN(/N=C/C(=O)N1CCOCC1)C(=O)C=CC=Cc1c(C(=O)N2CCOCC2)[nH]n(C)c1=O. The fourth-order valence-electron chi connectivity index (χ4n) is 3.26. The molecule has 0 radical (unpaired) electrons. The van der Waals surface area contributed by atoms with Crippen molar-refractivity contribution >= 4 is 30.0 Å². The summed E-state index contributed by atoms with van der Waals surface area (Å²) >= 11 is 0. The molecular weight excluding hydrogens is 432 g/mol. The van der Waals surface area contributed by atoms with Crippen LogP contribution >= 0.6 is 0 Å². The molecule has 2 fully saturated rings. The van der Waals surface area contributed by atoms with E-state index >= 15 is 0 Å². The fraction of sp³-hybridized carbons (Fsp3) is 0.476. The highest BCUT2D eigenvalue weighted by molar-refractivity contribution is 6.26. The van der Waals surface area contributed by atoms with Gasteiger partial charge in [-0.15, -0.1) is 0 Å². The monoisotopic (exact) mass is 460 g/mol. The number of likely N-dealkylation sites (N-methyl/N-ethyl adjacent to an activating group) is 1. The molecule has 0 saturated carbocycles. The molecule has 2 aliphatic rings. The summed E-state index contributed by atoms with van der Waals surface area (Å²) in [5, 5.41) is 7.70. The summed E-state index contributed by atoms with van der Waals surface area (Å²) in [7, 11) is 2.96. The largest absolute Gasteiger partial charge is 0.378 e. The number of morpholine rings is 2. The number of rotatable bonds is 6. The van der Waals surface area contributed by atoms with E-state index in [2.05, 4.69) is 10.2 Å². The molecule has 1 N–H and O–H groups in total. The second-order valence-electron chi connectivity index (χ2n) is 7.43. The van der Waals surface area contributed by atoms with Crippen LogP contribution in [0.15, 0.2) is 28.1 Å². The molecule has 1 aromatic heterocycles. The molecule has 0 bridgehead atoms. The lowest BCUT2D eigenvalue weighted by Gasteiger charge is -2.26. The minimum Gasteiger partial charge on any atom is -0.378 e. The normalized spacial score (nSPS) is 17.4. The maximum atomic E-state index is 12.8. The van der Waals surface area contributed by atoms with Gasteiger partial charge in [0.15, 0.2) is 0 Å². The summed E-state index contributed by atoms with van der Waals surface area (Å²) in [6, 6.07) is 0. The zero-order chi connectivity index (χ0) is 23.8. The van der Waals surface area contributed by atoms with Crippen LogP contribution in [0, 0.1) is 0 Å². The number of aromatic amines is 1. The Bertz CT molecular complexity index is 1010. The predicted octanol–water partition coefficient (Wildman–Crippen LogP) is -0.942. The van der Waals surface area contributed by atoms with Crippen molar-refractivity contribution in [2.45, 2.75) is 0 Å². The van der Waals surface area contributed by atoms with E-state index in [4.69, 9.17) is 9.47 Å². The van der Waals surface area contributed by atoms with Crippen molar-refractivity contribution in [2.24, 2.45) is 12.1 Å². The summed E-state index contributed by atoms with van der Waals surface area (Å²) in [6.07, 6.45) is 6.75. The van der Waals surface area contributed by atoms with E-state index in [1.54, 1.807) is 9.80 Å². The zero-order valence-electron chi connectivity index (χ0n) is 18.7. The molecule has 1 aromatic rings. The zero-order valence-corrected chi connectivity index (χ0v) is 18.7. The van der Waals surface area contributed by atoms with Gasteiger partial charge in [0.1, 0.15) is 11.9 Å². The maximum Gasteiger partial charge on any atom is 0.274 e. The van der Waals surface area contributed by atoms with Gasteiger partial charge in [0.05, 0.1) is 32.0 Å². The average molecular weight is 460 g/mol. The number of carbonyl (C=O) groups is 3. The van der Waals surface area contributed by atoms with Crippen molar-refractivity contribution in [1.82, 2.24) is 24.6 Å². The highest BCUT2D eigenvalue weighted by atomic mass is 16.5. The standard InChI is InChI=1S/C21H28N6O6/c1-24(22-15-18(29)26-7-11-32-12-8-26)17(28)6-4-3-5-16-19(23-25(2)20(16)30)21(31)27-9-13-33-14-10-27/h3-6,15,23H,7-14H2,1-2H3/b5-3?,6-4?,22-15+. The van der Waals surface area contributed by atoms with Crippen molar-refractivity contribution in [3.63, 3.8) is 0 Å². The molecule has 3 heterocycles. The number of nitrogens with one attached hydrogen (secondary N) is 1. The van der Waals surface area contributed by atoms with Crippen LogP contribution in [0.2, 0.25) is 0 Å². The molecule has 2 aliphatic heterocycles. The Labute approximate surface area is 190 Å². The molecule has 0 aromatic carbocycles. The number of nitrogens with zero attached hydrogens (tertiary/aromatic N) is 5. The van der Waals surface area contributed by atoms with Crippen LogP contribution in [0.5, 0.6) is 0 Å². The van der Waals surface area contributed by atoms with Gasteiger partial charge in [-0.2, -0.15) is 5.10 Å². The van der Waals surface area contributed by atoms with Gasteiger partial charge in [-0.25, -0.2) is 5.01 Å². The minimum absolute atomic E-state index is 0.184. The van der Waals surface area contributed by atoms with Crippen LogP contribution in [0.1, 0.15) is 16.1 Å². The van der Waals surface area contributed by atoms with E-state index in [9.17, 15) is 19.2 Å². The second-order valence-corrected chi connectivity index (χ2v) is 7.43. The molecule has 0 atom stereocenters. The summed E-state index contributed by atoms with van der Waals surface area (Å²) in [5.74, 6) is -1.03. The summed E-state index contributed by atoms with van der Waals surface area (Å²) in [4.78, 5) is 52.7. The molecule has 33 heavy (non-hydrogen) atoms. The Morgan fingerprint density at radius 3 is 2.24 bits per heavy atom. The predicted molar refractivity (Wildman–Crippen MR) is 120 cm³/mol. The molecule has 2 saturated heterocycles. The van der Waals surface area contributed by atoms with Gasteiger partial charge in [-0.05, 0) is 6.08 Å². The Hall–Kier alpha value is -3.51. The van der Waals surface area contributed by atoms with Crippen molar-refractivity contribution in [2.75, 3.05) is 59.7 Å². The van der Waals surface area contributed by atoms with Gasteiger partial charge in [-0.3, -0.25) is 29.0 Å². The van der Waals surface area contributed by atoms with Crippen molar-refractivity contribution in [1.29, 1.82) is 0 Å². The first-order valence-corrected chi connectivity index (χ1v) is 10.6. The molecule has 12 nitrogen and oxygen atoms in total. The van der Waals surface area contributed by atoms with Crippen LogP contribution in [0.3, 0.4) is 0 Å². The number of hydrogen-bond acceptors (Lipinski definition) is 7. The minimum atomic E-state index is -0.461. The van der Waals surface area contributed by atoms with Crippen molar-refractivity contribution < 1.29 is 23.9 Å². The van der Waals surface area contributed by atoms with Crippen LogP contribution in [0.25, 0.3) is 6.08 Å². The quantitative estimate of drug-likeness (QED) is 0.252. The highest BCUT2D eigenvalue weighted by Gasteiger charge is 2.24. The molecule has 0 unspecified atom stereocenters. The number of ether oxygens (including phenoxy) is 2. The van der Waals surface area contributed by atoms with Gasteiger partial charge in [0.25, 0.3) is 23.3 Å². The van der Waals surface area contributed by atoms with Crippen LogP contribution < -0.4 is 5.56 Å². The third-order valence-electron chi connectivity index (χ3n) is 5.19. The number of hydrogen-bond donors (Lipinski definition) is 1. The van der Waals surface area contributed by atoms with Crippen LogP contribution in [-0.2, 0) is 26.1 Å². The molecule has 12 heteroatoms. The van der Waals surface area contributed by atoms with Gasteiger partial charge < -0.3 is 19.3 Å². The van der Waals surface area contributed by atoms with Crippen molar-refractivity contribution in [3.8, 4) is 0 Å². The summed E-state index contributed by atoms with van der Waals surface area (Å²) in [6.45, 7) is 3.74. The number of aryl methyl sites for hydroxylation is 1. The van der Waals surface area contributed by atoms with Crippen molar-refractivity contribution in [3.05, 3.63) is 39.8 Å². The third kappa shape index (κ3) is 6.26. The van der Waals surface area contributed by atoms with Gasteiger partial charge in [-0.1, -0.05) is 12.2 Å². The third-order valence-corrected chi connectivity index (χ3v) is 5.19. The Kier molecular flexibility index (Phi) is 8.33. The Morgan fingerprint density at radius 1 is 1.00 bits per heavy atom. The first-order chi connectivity index (χ1) is 15.9. The maximum absolute atomic E-state index is 12.8. The van der Waals surface area contributed by atoms with Gasteiger partial charge >= 0.3 is 0 Å². The molecule has 3 rings (SSSR count). The van der Waals surface area contributed by atoms with Crippen LogP contribution in [0.4, 0.5) is 0 Å². The smallest absolute Gasteiger partial charge is 0.274 e. The Morgan fingerprint density at radius 2 is 1.61 bits per heavy atom. The van der Waals surface area contributed by atoms with E-state index in [-0.39, 0.29) is 28.6 Å². The summed E-state index contributed by atoms with van der Waals surface area (Å²) in [5.41, 5.74) is 0.0308. The van der Waals surface area contributed by atoms with E-state index in [1.807, 2.05) is 0 Å². The molecule has 0 spiro atoms. The summed E-state index contributed by atoms with van der Waals surface area (Å²) < 4.78 is 11.7. The first kappa shape index (κ1) is 24.1. The molecule has 178 valence electrons. The number of aromatic nitrogens is 2. The molecular formula is C21H28N6O6. The van der Waals surface area contributed by atoms with E-state index in [1.165, 1.54) is 43.1 Å². The second kappa shape index (κ2) is 11.4. The Balaban J connectivity index is 1.60. The van der Waals surface area contributed by atoms with E-state index in [0.717, 1.165) is 11.2 Å². The number of allylic oxidation sites excluding steroid dienone is 2. The van der Waals surface area contributed by atoms with E-state index in [0.29, 0.717) is 52.6 Å². The highest BCUT2D eigenvalue weighted by Crippen LogP contribution is 2.10. The topological polar surface area (TPSA) is 130 Å². The lowest BCUT2D eigenvalue weighted by atomic mass is 10.2. The first-order valence-electron chi connectivity index (χ1n) is 10.6. The fourth-order valence-corrected chi connectivity index (χ4v) is 3.26. The molecule has 0 aliphatic carbocycles. The van der Waals surface area contributed by atoms with E-state index < -0.39 is 5.91 Å². The van der Waals surface area contributed by atoms with Gasteiger partial charge in [0.2, 0.25) is 0 Å². The molecule has 3 amide bonds. The average Bonchev–Trinajstić information content (AvgIpc) is 3.13. The lowest BCUT2D eigenvalue weighted by molar-refractivity contribution is -0.127.